The largest absolute Gasteiger partial charge is 0.334 e. The summed E-state index contributed by atoms with van der Waals surface area (Å²) in [6.07, 6.45) is 14.0. The van der Waals surface area contributed by atoms with E-state index < -0.39 is 0 Å². The third kappa shape index (κ3) is 5.14. The van der Waals surface area contributed by atoms with Crippen LogP contribution in [-0.2, 0) is 21.7 Å². The maximum absolute atomic E-state index is 2.89. The van der Waals surface area contributed by atoms with Gasteiger partial charge in [-0.15, -0.1) is 11.3 Å². The summed E-state index contributed by atoms with van der Waals surface area (Å²) in [6, 6.07) is 42.4. The lowest BCUT2D eigenvalue weighted by Crippen LogP contribution is -2.64. The first-order valence-electron chi connectivity index (χ1n) is 26.2. The molecule has 0 saturated heterocycles. The summed E-state index contributed by atoms with van der Waals surface area (Å²) in [5, 5.41) is 2.72. The lowest BCUT2D eigenvalue weighted by molar-refractivity contribution is 0.0603. The molecular formula is C63H67BN2S. The van der Waals surface area contributed by atoms with Gasteiger partial charge in [-0.2, -0.15) is 0 Å². The van der Waals surface area contributed by atoms with Crippen molar-refractivity contribution in [1.82, 2.24) is 0 Å². The van der Waals surface area contributed by atoms with Crippen molar-refractivity contribution in [2.45, 2.75) is 166 Å². The van der Waals surface area contributed by atoms with Crippen molar-refractivity contribution in [1.29, 1.82) is 0 Å². The number of aryl methyl sites for hydroxylation is 1. The maximum Gasteiger partial charge on any atom is 0.247 e. The van der Waals surface area contributed by atoms with Crippen LogP contribution in [0.5, 0.6) is 0 Å². The molecule has 7 aliphatic rings. The van der Waals surface area contributed by atoms with Crippen LogP contribution >= 0.6 is 11.3 Å². The molecule has 0 N–H and O–H groups in total. The van der Waals surface area contributed by atoms with E-state index in [9.17, 15) is 0 Å². The van der Waals surface area contributed by atoms with Crippen LogP contribution in [-0.4, -0.2) is 12.3 Å². The van der Waals surface area contributed by atoms with E-state index in [0.29, 0.717) is 5.92 Å². The lowest BCUT2D eigenvalue weighted by atomic mass is 9.29. The Balaban J connectivity index is 1.05. The van der Waals surface area contributed by atoms with Gasteiger partial charge in [-0.3, -0.25) is 0 Å². The van der Waals surface area contributed by atoms with Crippen molar-refractivity contribution in [2.24, 2.45) is 5.41 Å². The molecule has 4 aliphatic carbocycles. The fourth-order valence-electron chi connectivity index (χ4n) is 16.5. The Bertz CT molecular complexity index is 3320. The van der Waals surface area contributed by atoms with Crippen molar-refractivity contribution in [3.05, 3.63) is 142 Å². The smallest absolute Gasteiger partial charge is 0.247 e. The first-order valence-corrected chi connectivity index (χ1v) is 27.0. The average molecular weight is 895 g/mol. The summed E-state index contributed by atoms with van der Waals surface area (Å²) in [4.78, 5) is 5.62. The van der Waals surface area contributed by atoms with Gasteiger partial charge in [0.15, 0.2) is 0 Å². The predicted octanol–water partition coefficient (Wildman–Crippen LogP) is 15.4. The molecule has 1 aromatic heterocycles. The fraction of sp³-hybridized carbons (Fsp3) is 0.429. The van der Waals surface area contributed by atoms with Gasteiger partial charge in [-0.05, 0) is 179 Å². The maximum atomic E-state index is 2.89. The van der Waals surface area contributed by atoms with Gasteiger partial charge in [0, 0.05) is 59.9 Å². The number of hydrogen-bond acceptors (Lipinski definition) is 3. The molecule has 14 rings (SSSR count). The zero-order chi connectivity index (χ0) is 45.8. The van der Waals surface area contributed by atoms with E-state index >= 15 is 0 Å². The van der Waals surface area contributed by atoms with Crippen LogP contribution in [0.15, 0.2) is 103 Å². The summed E-state index contributed by atoms with van der Waals surface area (Å²) >= 11 is 1.92. The number of thiophene rings is 1. The van der Waals surface area contributed by atoms with Crippen molar-refractivity contribution in [2.75, 3.05) is 9.80 Å². The van der Waals surface area contributed by atoms with Gasteiger partial charge in [0.25, 0.3) is 0 Å². The van der Waals surface area contributed by atoms with Crippen LogP contribution in [0.2, 0.25) is 0 Å². The van der Waals surface area contributed by atoms with Gasteiger partial charge in [-0.25, -0.2) is 0 Å². The van der Waals surface area contributed by atoms with Crippen LogP contribution in [0.25, 0.3) is 20.2 Å². The summed E-state index contributed by atoms with van der Waals surface area (Å²) in [5.41, 5.74) is 23.2. The highest BCUT2D eigenvalue weighted by molar-refractivity contribution is 7.25. The van der Waals surface area contributed by atoms with E-state index in [1.165, 1.54) is 130 Å². The zero-order valence-corrected chi connectivity index (χ0v) is 42.4. The molecule has 338 valence electrons. The molecule has 7 aromatic rings. The van der Waals surface area contributed by atoms with Gasteiger partial charge in [0.2, 0.25) is 6.71 Å². The molecule has 4 heterocycles. The Hall–Kier alpha value is -4.80. The Labute approximate surface area is 404 Å². The molecule has 6 aromatic carbocycles. The quantitative estimate of drug-likeness (QED) is 0.160. The molecule has 3 aliphatic heterocycles. The Kier molecular flexibility index (Phi) is 8.17. The topological polar surface area (TPSA) is 6.48 Å². The highest BCUT2D eigenvalue weighted by Crippen LogP contribution is 2.65. The van der Waals surface area contributed by atoms with E-state index in [1.54, 1.807) is 44.3 Å². The normalized spacial score (nSPS) is 29.1. The van der Waals surface area contributed by atoms with Crippen molar-refractivity contribution in [3.8, 4) is 0 Å². The van der Waals surface area contributed by atoms with E-state index in [-0.39, 0.29) is 39.3 Å². The second-order valence-electron chi connectivity index (χ2n) is 25.1. The predicted molar refractivity (Wildman–Crippen MR) is 288 cm³/mol. The van der Waals surface area contributed by atoms with Crippen LogP contribution in [0.3, 0.4) is 0 Å². The molecule has 67 heavy (non-hydrogen) atoms. The van der Waals surface area contributed by atoms with Gasteiger partial charge >= 0.3 is 0 Å². The monoisotopic (exact) mass is 895 g/mol. The first-order chi connectivity index (χ1) is 32.1. The number of anilines is 5. The zero-order valence-electron chi connectivity index (χ0n) is 41.6. The fourth-order valence-corrected chi connectivity index (χ4v) is 17.6. The summed E-state index contributed by atoms with van der Waals surface area (Å²) in [6.45, 7) is 23.2. The van der Waals surface area contributed by atoms with Gasteiger partial charge in [0.1, 0.15) is 0 Å². The van der Waals surface area contributed by atoms with Crippen LogP contribution in [0.4, 0.5) is 28.4 Å². The third-order valence-corrected chi connectivity index (χ3v) is 21.9. The molecule has 0 amide bonds. The number of fused-ring (bicyclic) bond motifs is 13. The van der Waals surface area contributed by atoms with Crippen LogP contribution < -0.4 is 26.2 Å². The van der Waals surface area contributed by atoms with Crippen LogP contribution in [0.1, 0.15) is 171 Å². The van der Waals surface area contributed by atoms with Gasteiger partial charge in [-0.1, -0.05) is 134 Å². The second kappa shape index (κ2) is 13.3. The summed E-state index contributed by atoms with van der Waals surface area (Å²) < 4.78 is 2.72. The molecule has 2 nitrogen and oxygen atoms in total. The molecular weight excluding hydrogens is 828 g/mol. The molecule has 2 fully saturated rings. The Morgan fingerprint density at radius 1 is 0.537 bits per heavy atom. The highest BCUT2D eigenvalue weighted by atomic mass is 32.1. The minimum Gasteiger partial charge on any atom is -0.334 e. The highest BCUT2D eigenvalue weighted by Gasteiger charge is 2.60. The van der Waals surface area contributed by atoms with E-state index in [0.717, 1.165) is 0 Å². The van der Waals surface area contributed by atoms with E-state index in [1.807, 2.05) is 11.3 Å². The summed E-state index contributed by atoms with van der Waals surface area (Å²) in [7, 11) is 0. The molecule has 0 radical (unpaired) electrons. The first kappa shape index (κ1) is 41.2. The molecule has 5 atom stereocenters. The lowest BCUT2D eigenvalue weighted by Gasteiger charge is -2.58. The van der Waals surface area contributed by atoms with Crippen molar-refractivity contribution in [3.63, 3.8) is 0 Å². The average Bonchev–Trinajstić information content (AvgIpc) is 3.78. The van der Waals surface area contributed by atoms with Crippen molar-refractivity contribution >= 4 is 83.0 Å². The van der Waals surface area contributed by atoms with E-state index in [2.05, 4.69) is 175 Å². The van der Waals surface area contributed by atoms with Crippen molar-refractivity contribution < 1.29 is 0 Å². The molecule has 2 saturated carbocycles. The minimum absolute atomic E-state index is 0.0472. The molecule has 5 unspecified atom stereocenters. The molecule has 4 heteroatoms. The van der Waals surface area contributed by atoms with Gasteiger partial charge < -0.3 is 9.80 Å². The number of nitrogens with zero attached hydrogens (tertiary/aromatic N) is 2. The Morgan fingerprint density at radius 3 is 2.07 bits per heavy atom. The molecule has 0 spiro atoms. The van der Waals surface area contributed by atoms with Crippen LogP contribution in [0, 0.1) is 12.3 Å². The second-order valence-corrected chi connectivity index (χ2v) is 26.2. The van der Waals surface area contributed by atoms with E-state index in [4.69, 9.17) is 0 Å². The third-order valence-electron chi connectivity index (χ3n) is 20.8. The standard InChI is InChI=1S/C63H67BN2S/c1-38-31-43-44-37-60(6)25-12-13-26-61(60,7)45-18-16-19-50(56(44)45)64-49-23-21-40(34-52(49)65(53(32-38)57(43)64)39-22-24-55-42(33-39)41-17-10-11-20-54(41)67-55)66-51-36-47-46(58(2,3)29-30-59(47,4)5)35-48(51)62(8)27-14-15-28-63(62,66)9/h10-11,16-24,31-36,44H,12-15,25-30,37H2,1-9H3. The number of rotatable bonds is 2. The molecule has 0 bridgehead atoms. The minimum atomic E-state index is -0.0472. The Morgan fingerprint density at radius 2 is 1.25 bits per heavy atom. The summed E-state index contributed by atoms with van der Waals surface area (Å²) in [5.74, 6) is 0.406. The number of hydrogen-bond donors (Lipinski definition) is 0. The number of benzene rings is 6. The SMILES string of the molecule is Cc1cc2c3c(c1)N(c1ccc4sc5ccccc5c4c1)c1cc(N4c5cc6c(cc5C5(C)CCCCC45C)C(C)(C)CCC6(C)C)ccc1B3c1cccc3c1C2CC1(C)CCCCC31C. The van der Waals surface area contributed by atoms with Gasteiger partial charge in [0.05, 0.1) is 5.54 Å².